The summed E-state index contributed by atoms with van der Waals surface area (Å²) in [6.07, 6.45) is 4.30. The molecule has 3 atom stereocenters. The van der Waals surface area contributed by atoms with Crippen LogP contribution in [0.25, 0.3) is 0 Å². The molecule has 0 aromatic heterocycles. The summed E-state index contributed by atoms with van der Waals surface area (Å²) in [5.41, 5.74) is 1.62. The lowest BCUT2D eigenvalue weighted by Gasteiger charge is -2.52. The molecule has 1 saturated carbocycles. The number of aliphatic hydroxyl groups is 1. The summed E-state index contributed by atoms with van der Waals surface area (Å²) in [7, 11) is 1.44. The van der Waals surface area contributed by atoms with Gasteiger partial charge in [-0.25, -0.2) is 4.79 Å². The molecule has 1 heterocycles. The van der Waals surface area contributed by atoms with E-state index >= 15 is 0 Å². The lowest BCUT2D eigenvalue weighted by molar-refractivity contribution is -0.117. The Morgan fingerprint density at radius 2 is 1.92 bits per heavy atom. The summed E-state index contributed by atoms with van der Waals surface area (Å²) in [6, 6.07) is 8.39. The number of likely N-dealkylation sites (tertiary alicyclic amines) is 1. The molecule has 0 unspecified atom stereocenters. The van der Waals surface area contributed by atoms with Gasteiger partial charge in [-0.2, -0.15) is 0 Å². The number of anilines is 1. The van der Waals surface area contributed by atoms with E-state index in [0.717, 1.165) is 44.3 Å². The molecule has 0 bridgehead atoms. The molecule has 1 saturated heterocycles. The van der Waals surface area contributed by atoms with Crippen LogP contribution in [0.2, 0.25) is 0 Å². The number of benzene rings is 1. The number of rotatable bonds is 4. The second-order valence-electron chi connectivity index (χ2n) is 7.58. The van der Waals surface area contributed by atoms with Crippen LogP contribution in [0.15, 0.2) is 24.3 Å². The summed E-state index contributed by atoms with van der Waals surface area (Å²) in [6.45, 7) is 6.79. The number of hydrogen-bond donors (Lipinski definition) is 1. The van der Waals surface area contributed by atoms with Gasteiger partial charge >= 0.3 is 6.09 Å². The largest absolute Gasteiger partial charge is 0.453 e. The highest BCUT2D eigenvalue weighted by atomic mass is 16.5. The first-order valence-corrected chi connectivity index (χ1v) is 9.96. The maximum absolute atomic E-state index is 12.4. The van der Waals surface area contributed by atoms with Crippen molar-refractivity contribution in [2.75, 3.05) is 31.6 Å². The van der Waals surface area contributed by atoms with E-state index in [1.54, 1.807) is 0 Å². The molecule has 3 rings (SSSR count). The minimum absolute atomic E-state index is 0.0726. The molecule has 1 aliphatic carbocycles. The van der Waals surface area contributed by atoms with Gasteiger partial charge in [0, 0.05) is 31.2 Å². The number of carbonyl (C=O) groups is 1. The van der Waals surface area contributed by atoms with Gasteiger partial charge in [0.15, 0.2) is 0 Å². The van der Waals surface area contributed by atoms with Crippen molar-refractivity contribution in [3.63, 3.8) is 0 Å². The molecule has 1 aromatic carbocycles. The minimum atomic E-state index is -0.662. The zero-order valence-corrected chi connectivity index (χ0v) is 16.3. The van der Waals surface area contributed by atoms with E-state index < -0.39 is 5.60 Å². The Hall–Kier alpha value is -1.75. The predicted molar refractivity (Wildman–Crippen MR) is 103 cm³/mol. The number of ether oxygens (including phenoxy) is 1. The van der Waals surface area contributed by atoms with Crippen molar-refractivity contribution in [1.82, 2.24) is 4.90 Å². The number of carbonyl (C=O) groups excluding carboxylic acids is 1. The highest BCUT2D eigenvalue weighted by Gasteiger charge is 2.50. The highest BCUT2D eigenvalue weighted by molar-refractivity contribution is 5.68. The van der Waals surface area contributed by atoms with Gasteiger partial charge in [-0.3, -0.25) is 0 Å². The average molecular weight is 360 g/mol. The normalized spacial score (nSPS) is 28.4. The fourth-order valence-electron chi connectivity index (χ4n) is 4.89. The van der Waals surface area contributed by atoms with Crippen molar-refractivity contribution >= 4 is 11.8 Å². The van der Waals surface area contributed by atoms with Crippen LogP contribution in [0.4, 0.5) is 10.5 Å². The lowest BCUT2D eigenvalue weighted by atomic mass is 9.66. The maximum Gasteiger partial charge on any atom is 0.410 e. The zero-order chi connectivity index (χ0) is 18.7. The molecular weight excluding hydrogens is 328 g/mol. The van der Waals surface area contributed by atoms with Crippen molar-refractivity contribution < 1.29 is 14.6 Å². The van der Waals surface area contributed by atoms with Crippen LogP contribution in [-0.2, 0) is 4.74 Å². The number of piperidine rings is 1. The summed E-state index contributed by atoms with van der Waals surface area (Å²) in [5.74, 6) is 0.0726. The maximum atomic E-state index is 12.4. The number of fused-ring (bicyclic) bond motifs is 1. The standard InChI is InChI=1S/C21H32N2O3/c1-4-22(5-2)17-11-9-16(10-12-17)19-18-8-6-7-13-21(18,25)14-15-23(19)20(24)26-3/h9-12,18-19,25H,4-8,13-15H2,1-3H3/t18-,19-,21+/m0/s1. The summed E-state index contributed by atoms with van der Waals surface area (Å²) >= 11 is 0. The average Bonchev–Trinajstić information content (AvgIpc) is 2.67. The Labute approximate surface area is 156 Å². The molecule has 1 amide bonds. The molecule has 1 aromatic rings. The second kappa shape index (κ2) is 7.87. The van der Waals surface area contributed by atoms with Gasteiger partial charge in [-0.1, -0.05) is 25.0 Å². The Bertz CT molecular complexity index is 614. The molecule has 2 aliphatic rings. The van der Waals surface area contributed by atoms with Crippen molar-refractivity contribution in [3.05, 3.63) is 29.8 Å². The first-order valence-electron chi connectivity index (χ1n) is 9.96. The monoisotopic (exact) mass is 360 g/mol. The van der Waals surface area contributed by atoms with Gasteiger partial charge in [0.1, 0.15) is 0 Å². The van der Waals surface area contributed by atoms with Crippen LogP contribution >= 0.6 is 0 Å². The third kappa shape index (κ3) is 3.41. The topological polar surface area (TPSA) is 53.0 Å². The quantitative estimate of drug-likeness (QED) is 0.883. The van der Waals surface area contributed by atoms with Crippen LogP contribution < -0.4 is 4.90 Å². The van der Waals surface area contributed by atoms with E-state index in [4.69, 9.17) is 4.74 Å². The fourth-order valence-corrected chi connectivity index (χ4v) is 4.89. The lowest BCUT2D eigenvalue weighted by Crippen LogP contribution is -2.56. The molecule has 26 heavy (non-hydrogen) atoms. The van der Waals surface area contributed by atoms with E-state index in [1.165, 1.54) is 12.8 Å². The smallest absolute Gasteiger partial charge is 0.410 e. The molecule has 0 spiro atoms. The van der Waals surface area contributed by atoms with Crippen LogP contribution in [0.3, 0.4) is 0 Å². The molecule has 144 valence electrons. The van der Waals surface area contributed by atoms with Crippen LogP contribution in [-0.4, -0.2) is 48.4 Å². The number of hydrogen-bond acceptors (Lipinski definition) is 4. The molecule has 5 nitrogen and oxygen atoms in total. The number of nitrogens with zero attached hydrogens (tertiary/aromatic N) is 2. The van der Waals surface area contributed by atoms with Gasteiger partial charge in [0.2, 0.25) is 0 Å². The second-order valence-corrected chi connectivity index (χ2v) is 7.58. The van der Waals surface area contributed by atoms with Crippen molar-refractivity contribution in [3.8, 4) is 0 Å². The Morgan fingerprint density at radius 3 is 2.54 bits per heavy atom. The Morgan fingerprint density at radius 1 is 1.23 bits per heavy atom. The highest BCUT2D eigenvalue weighted by Crippen LogP contribution is 2.49. The van der Waals surface area contributed by atoms with Crippen LogP contribution in [0.1, 0.15) is 57.6 Å². The Balaban J connectivity index is 1.94. The Kier molecular flexibility index (Phi) is 5.76. The molecule has 2 fully saturated rings. The molecule has 1 aliphatic heterocycles. The van der Waals surface area contributed by atoms with Gasteiger partial charge in [-0.15, -0.1) is 0 Å². The zero-order valence-electron chi connectivity index (χ0n) is 16.3. The predicted octanol–water partition coefficient (Wildman–Crippen LogP) is 3.97. The van der Waals surface area contributed by atoms with E-state index in [-0.39, 0.29) is 18.1 Å². The van der Waals surface area contributed by atoms with Crippen LogP contribution in [0.5, 0.6) is 0 Å². The molecule has 0 radical (unpaired) electrons. The minimum Gasteiger partial charge on any atom is -0.453 e. The fraction of sp³-hybridized carbons (Fsp3) is 0.667. The molecule has 5 heteroatoms. The van der Waals surface area contributed by atoms with E-state index in [2.05, 4.69) is 43.0 Å². The first-order chi connectivity index (χ1) is 12.5. The van der Waals surface area contributed by atoms with Crippen molar-refractivity contribution in [1.29, 1.82) is 0 Å². The number of amides is 1. The van der Waals surface area contributed by atoms with Crippen molar-refractivity contribution in [2.24, 2.45) is 5.92 Å². The number of methoxy groups -OCH3 is 1. The summed E-state index contributed by atoms with van der Waals surface area (Å²) in [4.78, 5) is 16.5. The van der Waals surface area contributed by atoms with E-state index in [0.29, 0.717) is 13.0 Å². The molecular formula is C21H32N2O3. The SMILES string of the molecule is CCN(CC)c1ccc([C@H]2[C@@H]3CCCC[C@@]3(O)CCN2C(=O)OC)cc1. The summed E-state index contributed by atoms with van der Waals surface area (Å²) in [5, 5.41) is 11.2. The van der Waals surface area contributed by atoms with Crippen molar-refractivity contribution in [2.45, 2.75) is 57.6 Å². The van der Waals surface area contributed by atoms with Gasteiger partial charge < -0.3 is 19.6 Å². The van der Waals surface area contributed by atoms with E-state index in [9.17, 15) is 9.90 Å². The van der Waals surface area contributed by atoms with Gasteiger partial charge in [0.25, 0.3) is 0 Å². The third-order valence-corrected chi connectivity index (χ3v) is 6.34. The summed E-state index contributed by atoms with van der Waals surface area (Å²) < 4.78 is 5.05. The van der Waals surface area contributed by atoms with Gasteiger partial charge in [-0.05, 0) is 50.8 Å². The third-order valence-electron chi connectivity index (χ3n) is 6.34. The van der Waals surface area contributed by atoms with Gasteiger partial charge in [0.05, 0.1) is 18.8 Å². The first kappa shape index (κ1) is 19.0. The van der Waals surface area contributed by atoms with Crippen LogP contribution in [0, 0.1) is 5.92 Å². The van der Waals surface area contributed by atoms with E-state index in [1.807, 2.05) is 4.90 Å². The molecule has 1 N–H and O–H groups in total.